The Balaban J connectivity index is 2.07. The van der Waals surface area contributed by atoms with Crippen LogP contribution in [0.25, 0.3) is 0 Å². The number of rotatable bonds is 4. The Bertz CT molecular complexity index is 520. The number of halogens is 1. The van der Waals surface area contributed by atoms with Crippen molar-refractivity contribution in [1.82, 2.24) is 5.32 Å². The summed E-state index contributed by atoms with van der Waals surface area (Å²) in [5, 5.41) is 3.11. The number of nitrogens with one attached hydrogen (secondary N) is 1. The zero-order valence-electron chi connectivity index (χ0n) is 9.02. The Hall–Kier alpha value is -1.07. The quantitative estimate of drug-likeness (QED) is 0.902. The first kappa shape index (κ1) is 12.4. The summed E-state index contributed by atoms with van der Waals surface area (Å²) < 4.78 is 23.7. The first-order valence-corrected chi connectivity index (χ1v) is 7.28. The van der Waals surface area contributed by atoms with Crippen molar-refractivity contribution in [3.05, 3.63) is 29.3 Å². The summed E-state index contributed by atoms with van der Waals surface area (Å²) in [6, 6.07) is 5.97. The predicted molar refractivity (Wildman–Crippen MR) is 64.7 cm³/mol. The van der Waals surface area contributed by atoms with E-state index >= 15 is 0 Å². The van der Waals surface area contributed by atoms with Crippen molar-refractivity contribution in [2.45, 2.75) is 23.8 Å². The lowest BCUT2D eigenvalue weighted by Gasteiger charge is -2.05. The summed E-state index contributed by atoms with van der Waals surface area (Å²) in [5.41, 5.74) is 0. The molecular weight excluding hydrogens is 262 g/mol. The minimum Gasteiger partial charge on any atom is -0.352 e. The summed E-state index contributed by atoms with van der Waals surface area (Å²) >= 11 is 5.67. The minimum atomic E-state index is -3.56. The molecule has 0 spiro atoms. The minimum absolute atomic E-state index is 0.118. The molecule has 17 heavy (non-hydrogen) atoms. The molecule has 1 fully saturated rings. The fourth-order valence-electron chi connectivity index (χ4n) is 1.39. The molecule has 0 heterocycles. The topological polar surface area (TPSA) is 63.2 Å². The largest absolute Gasteiger partial charge is 0.352 e. The molecule has 2 rings (SSSR count). The molecule has 0 aromatic heterocycles. The Morgan fingerprint density at radius 2 is 1.88 bits per heavy atom. The van der Waals surface area contributed by atoms with Gasteiger partial charge in [0.05, 0.1) is 4.90 Å². The van der Waals surface area contributed by atoms with E-state index in [0.717, 1.165) is 12.8 Å². The van der Waals surface area contributed by atoms with Crippen LogP contribution < -0.4 is 5.32 Å². The summed E-state index contributed by atoms with van der Waals surface area (Å²) in [4.78, 5) is 11.6. The molecule has 1 aliphatic rings. The van der Waals surface area contributed by atoms with Crippen molar-refractivity contribution >= 4 is 27.3 Å². The van der Waals surface area contributed by atoms with E-state index in [0.29, 0.717) is 5.02 Å². The van der Waals surface area contributed by atoms with E-state index in [2.05, 4.69) is 5.32 Å². The third-order valence-corrected chi connectivity index (χ3v) is 4.32. The Kier molecular flexibility index (Phi) is 3.40. The smallest absolute Gasteiger partial charge is 0.235 e. The lowest BCUT2D eigenvalue weighted by atomic mass is 10.4. The number of carbonyl (C=O) groups excluding carboxylic acids is 1. The van der Waals surface area contributed by atoms with Crippen LogP contribution >= 0.6 is 11.6 Å². The van der Waals surface area contributed by atoms with Gasteiger partial charge in [-0.15, -0.1) is 0 Å². The lowest BCUT2D eigenvalue weighted by molar-refractivity contribution is -0.118. The third-order valence-electron chi connectivity index (χ3n) is 2.44. The maximum atomic E-state index is 11.9. The van der Waals surface area contributed by atoms with Crippen molar-refractivity contribution in [3.8, 4) is 0 Å². The maximum Gasteiger partial charge on any atom is 0.235 e. The first-order chi connectivity index (χ1) is 7.97. The van der Waals surface area contributed by atoms with Gasteiger partial charge in [-0.05, 0) is 37.1 Å². The van der Waals surface area contributed by atoms with Gasteiger partial charge in [0.25, 0.3) is 0 Å². The van der Waals surface area contributed by atoms with Gasteiger partial charge in [0.15, 0.2) is 9.84 Å². The van der Waals surface area contributed by atoms with Gasteiger partial charge in [0.1, 0.15) is 5.75 Å². The van der Waals surface area contributed by atoms with Gasteiger partial charge in [0.2, 0.25) is 5.91 Å². The molecule has 0 saturated heterocycles. The van der Waals surface area contributed by atoms with Gasteiger partial charge in [0, 0.05) is 11.1 Å². The monoisotopic (exact) mass is 273 g/mol. The molecule has 0 unspecified atom stereocenters. The number of amides is 1. The SMILES string of the molecule is O=C(CS(=O)(=O)c1ccc(Cl)cc1)NC1CC1. The molecule has 1 aliphatic carbocycles. The van der Waals surface area contributed by atoms with Crippen LogP contribution in [0.15, 0.2) is 29.2 Å². The van der Waals surface area contributed by atoms with Crippen LogP contribution in [-0.2, 0) is 14.6 Å². The Morgan fingerprint density at radius 1 is 1.29 bits per heavy atom. The van der Waals surface area contributed by atoms with E-state index in [-0.39, 0.29) is 10.9 Å². The highest BCUT2D eigenvalue weighted by Gasteiger charge is 2.26. The summed E-state index contributed by atoms with van der Waals surface area (Å²) in [5.74, 6) is -0.951. The van der Waals surface area contributed by atoms with Gasteiger partial charge >= 0.3 is 0 Å². The van der Waals surface area contributed by atoms with Gasteiger partial charge in [-0.1, -0.05) is 11.6 Å². The number of hydrogen-bond acceptors (Lipinski definition) is 3. The average Bonchev–Trinajstić information content (AvgIpc) is 3.01. The Labute approximate surface area is 105 Å². The van der Waals surface area contributed by atoms with Crippen LogP contribution in [0.1, 0.15) is 12.8 Å². The average molecular weight is 274 g/mol. The predicted octanol–water partition coefficient (Wildman–Crippen LogP) is 1.39. The molecule has 1 aromatic rings. The number of benzene rings is 1. The second kappa shape index (κ2) is 4.66. The van der Waals surface area contributed by atoms with Gasteiger partial charge in [-0.2, -0.15) is 0 Å². The van der Waals surface area contributed by atoms with Crippen LogP contribution in [0.5, 0.6) is 0 Å². The highest BCUT2D eigenvalue weighted by atomic mass is 35.5. The molecular formula is C11H12ClNO3S. The van der Waals surface area contributed by atoms with Crippen molar-refractivity contribution in [3.63, 3.8) is 0 Å². The molecule has 1 N–H and O–H groups in total. The Morgan fingerprint density at radius 3 is 2.41 bits per heavy atom. The molecule has 1 saturated carbocycles. The summed E-state index contributed by atoms with van der Waals surface area (Å²) in [6.45, 7) is 0. The summed E-state index contributed by atoms with van der Waals surface area (Å²) in [6.07, 6.45) is 1.87. The van der Waals surface area contributed by atoms with E-state index in [1.807, 2.05) is 0 Å². The van der Waals surface area contributed by atoms with E-state index in [1.54, 1.807) is 0 Å². The highest BCUT2D eigenvalue weighted by molar-refractivity contribution is 7.92. The zero-order chi connectivity index (χ0) is 12.5. The maximum absolute atomic E-state index is 11.9. The molecule has 1 amide bonds. The zero-order valence-corrected chi connectivity index (χ0v) is 10.6. The van der Waals surface area contributed by atoms with Crippen LogP contribution in [0.4, 0.5) is 0 Å². The van der Waals surface area contributed by atoms with Gasteiger partial charge in [-0.3, -0.25) is 4.79 Å². The molecule has 6 heteroatoms. The standard InChI is InChI=1S/C11H12ClNO3S/c12-8-1-5-10(6-2-8)17(15,16)7-11(14)13-9-3-4-9/h1-2,5-6,9H,3-4,7H2,(H,13,14). The first-order valence-electron chi connectivity index (χ1n) is 5.25. The molecule has 4 nitrogen and oxygen atoms in total. The second-order valence-corrected chi connectivity index (χ2v) is 6.48. The van der Waals surface area contributed by atoms with E-state index in [9.17, 15) is 13.2 Å². The van der Waals surface area contributed by atoms with Gasteiger partial charge < -0.3 is 5.32 Å². The number of hydrogen-bond donors (Lipinski definition) is 1. The van der Waals surface area contributed by atoms with Crippen molar-refractivity contribution in [2.75, 3.05) is 5.75 Å². The van der Waals surface area contributed by atoms with Crippen LogP contribution in [0.2, 0.25) is 5.02 Å². The molecule has 92 valence electrons. The fourth-order valence-corrected chi connectivity index (χ4v) is 2.67. The van der Waals surface area contributed by atoms with Crippen LogP contribution in [-0.4, -0.2) is 26.1 Å². The third kappa shape index (κ3) is 3.44. The van der Waals surface area contributed by atoms with Crippen molar-refractivity contribution in [2.24, 2.45) is 0 Å². The van der Waals surface area contributed by atoms with E-state index in [1.165, 1.54) is 24.3 Å². The van der Waals surface area contributed by atoms with Crippen molar-refractivity contribution < 1.29 is 13.2 Å². The van der Waals surface area contributed by atoms with Crippen molar-refractivity contribution in [1.29, 1.82) is 0 Å². The second-order valence-electron chi connectivity index (χ2n) is 4.05. The molecule has 1 aromatic carbocycles. The van der Waals surface area contributed by atoms with Crippen LogP contribution in [0, 0.1) is 0 Å². The van der Waals surface area contributed by atoms with Gasteiger partial charge in [-0.25, -0.2) is 8.42 Å². The highest BCUT2D eigenvalue weighted by Crippen LogP contribution is 2.19. The molecule has 0 aliphatic heterocycles. The number of carbonyl (C=O) groups is 1. The number of sulfone groups is 1. The molecule has 0 atom stereocenters. The molecule has 0 radical (unpaired) electrons. The fraction of sp³-hybridized carbons (Fsp3) is 0.364. The van der Waals surface area contributed by atoms with E-state index in [4.69, 9.17) is 11.6 Å². The van der Waals surface area contributed by atoms with E-state index < -0.39 is 21.5 Å². The summed E-state index contributed by atoms with van der Waals surface area (Å²) in [7, 11) is -3.56. The normalized spacial score (nSPS) is 15.6. The lowest BCUT2D eigenvalue weighted by Crippen LogP contribution is -2.31. The van der Waals surface area contributed by atoms with Crippen LogP contribution in [0.3, 0.4) is 0 Å². The molecule has 0 bridgehead atoms.